The molecule has 0 aliphatic carbocycles. The van der Waals surface area contributed by atoms with Crippen LogP contribution in [0.3, 0.4) is 0 Å². The van der Waals surface area contributed by atoms with Crippen LogP contribution in [-0.4, -0.2) is 35.2 Å². The summed E-state index contributed by atoms with van der Waals surface area (Å²) in [7, 11) is 0. The molecule has 2 aromatic carbocycles. The normalized spacial score (nSPS) is 17.1. The summed E-state index contributed by atoms with van der Waals surface area (Å²) in [5.41, 5.74) is 2.82. The van der Waals surface area contributed by atoms with Crippen molar-refractivity contribution in [1.29, 1.82) is 0 Å². The zero-order valence-corrected chi connectivity index (χ0v) is 18.4. The lowest BCUT2D eigenvalue weighted by molar-refractivity contribution is -0.125. The zero-order valence-electron chi connectivity index (χ0n) is 18.4. The molecule has 1 aliphatic rings. The Bertz CT molecular complexity index is 1010. The van der Waals surface area contributed by atoms with Gasteiger partial charge in [0.2, 0.25) is 5.91 Å². The quantitative estimate of drug-likeness (QED) is 0.591. The Morgan fingerprint density at radius 2 is 1.88 bits per heavy atom. The van der Waals surface area contributed by atoms with Crippen LogP contribution < -0.4 is 10.2 Å². The molecule has 1 aromatic heterocycles. The summed E-state index contributed by atoms with van der Waals surface area (Å²) in [6.07, 6.45) is 3.70. The van der Waals surface area contributed by atoms with E-state index in [4.69, 9.17) is 0 Å². The van der Waals surface area contributed by atoms with Crippen molar-refractivity contribution in [1.82, 2.24) is 15.5 Å². The second kappa shape index (κ2) is 10.4. The van der Waals surface area contributed by atoms with Gasteiger partial charge in [0.15, 0.2) is 5.82 Å². The highest BCUT2D eigenvalue weighted by molar-refractivity contribution is 5.79. The number of rotatable bonds is 7. The Labute approximate surface area is 188 Å². The maximum absolute atomic E-state index is 13.1. The number of piperidine rings is 1. The zero-order chi connectivity index (χ0) is 22.3. The molecule has 0 bridgehead atoms. The number of nitrogens with zero attached hydrogens (tertiary/aromatic N) is 3. The Kier molecular flexibility index (Phi) is 7.10. The fourth-order valence-electron chi connectivity index (χ4n) is 4.13. The predicted molar refractivity (Wildman–Crippen MR) is 125 cm³/mol. The minimum absolute atomic E-state index is 0.0542. The molecule has 0 radical (unpaired) electrons. The highest BCUT2D eigenvalue weighted by Crippen LogP contribution is 2.24. The molecule has 1 amide bonds. The van der Waals surface area contributed by atoms with Crippen molar-refractivity contribution in [3.05, 3.63) is 78.1 Å². The van der Waals surface area contributed by atoms with Gasteiger partial charge in [-0.3, -0.25) is 4.79 Å². The van der Waals surface area contributed by atoms with Gasteiger partial charge in [-0.2, -0.15) is 0 Å². The molecular weight excluding hydrogens is 403 g/mol. The van der Waals surface area contributed by atoms with Crippen LogP contribution in [0.5, 0.6) is 0 Å². The number of aromatic nitrogens is 2. The van der Waals surface area contributed by atoms with Crippen molar-refractivity contribution in [2.75, 3.05) is 18.0 Å². The van der Waals surface area contributed by atoms with Crippen LogP contribution in [0.2, 0.25) is 0 Å². The maximum Gasteiger partial charge on any atom is 0.225 e. The largest absolute Gasteiger partial charge is 0.354 e. The molecule has 2 atom stereocenters. The van der Waals surface area contributed by atoms with Gasteiger partial charge >= 0.3 is 0 Å². The average molecular weight is 433 g/mol. The molecule has 5 nitrogen and oxygen atoms in total. The van der Waals surface area contributed by atoms with Gasteiger partial charge in [-0.05, 0) is 74.6 Å². The SMILES string of the molecule is C[C@H](CCc1ccccc1)NC(=O)[C@H]1CCCN(c2ccc(-c3ccc(F)cc3)nn2)C1. The summed E-state index contributed by atoms with van der Waals surface area (Å²) < 4.78 is 13.1. The lowest BCUT2D eigenvalue weighted by Crippen LogP contribution is -2.45. The number of halogens is 1. The average Bonchev–Trinajstić information content (AvgIpc) is 2.84. The number of carbonyl (C=O) groups excluding carboxylic acids is 1. The van der Waals surface area contributed by atoms with Crippen LogP contribution in [0, 0.1) is 11.7 Å². The van der Waals surface area contributed by atoms with E-state index in [1.807, 2.05) is 30.3 Å². The van der Waals surface area contributed by atoms with Crippen molar-refractivity contribution in [3.8, 4) is 11.3 Å². The summed E-state index contributed by atoms with van der Waals surface area (Å²) in [5.74, 6) is 0.559. The number of anilines is 1. The molecule has 32 heavy (non-hydrogen) atoms. The molecule has 0 unspecified atom stereocenters. The van der Waals surface area contributed by atoms with Crippen LogP contribution in [0.15, 0.2) is 66.7 Å². The molecule has 0 saturated carbocycles. The molecule has 6 heteroatoms. The third-order valence-electron chi connectivity index (χ3n) is 6.00. The van der Waals surface area contributed by atoms with E-state index >= 15 is 0 Å². The number of hydrogen-bond acceptors (Lipinski definition) is 4. The van der Waals surface area contributed by atoms with Gasteiger partial charge in [0, 0.05) is 24.7 Å². The number of amides is 1. The number of benzene rings is 2. The van der Waals surface area contributed by atoms with Crippen molar-refractivity contribution in [2.24, 2.45) is 5.92 Å². The van der Waals surface area contributed by atoms with Gasteiger partial charge in [-0.25, -0.2) is 4.39 Å². The molecule has 1 saturated heterocycles. The minimum Gasteiger partial charge on any atom is -0.354 e. The van der Waals surface area contributed by atoms with E-state index in [0.717, 1.165) is 43.6 Å². The third-order valence-corrected chi connectivity index (χ3v) is 6.00. The highest BCUT2D eigenvalue weighted by Gasteiger charge is 2.27. The summed E-state index contributed by atoms with van der Waals surface area (Å²) >= 11 is 0. The van der Waals surface area contributed by atoms with Crippen LogP contribution >= 0.6 is 0 Å². The van der Waals surface area contributed by atoms with Crippen LogP contribution in [0.1, 0.15) is 31.7 Å². The van der Waals surface area contributed by atoms with E-state index in [2.05, 4.69) is 39.5 Å². The van der Waals surface area contributed by atoms with E-state index in [9.17, 15) is 9.18 Å². The predicted octanol–water partition coefficient (Wildman–Crippen LogP) is 4.64. The molecule has 1 aliphatic heterocycles. The van der Waals surface area contributed by atoms with Crippen molar-refractivity contribution < 1.29 is 9.18 Å². The first-order chi connectivity index (χ1) is 15.6. The number of hydrogen-bond donors (Lipinski definition) is 1. The van der Waals surface area contributed by atoms with Gasteiger partial charge in [-0.1, -0.05) is 30.3 Å². The van der Waals surface area contributed by atoms with Gasteiger partial charge < -0.3 is 10.2 Å². The first kappa shape index (κ1) is 21.9. The molecular formula is C26H29FN4O. The number of aryl methyl sites for hydroxylation is 1. The smallest absolute Gasteiger partial charge is 0.225 e. The monoisotopic (exact) mass is 432 g/mol. The molecule has 3 aromatic rings. The first-order valence-electron chi connectivity index (χ1n) is 11.3. The summed E-state index contributed by atoms with van der Waals surface area (Å²) in [5, 5.41) is 11.9. The van der Waals surface area contributed by atoms with Gasteiger partial charge in [-0.15, -0.1) is 10.2 Å². The number of nitrogens with one attached hydrogen (secondary N) is 1. The lowest BCUT2D eigenvalue weighted by atomic mass is 9.96. The topological polar surface area (TPSA) is 58.1 Å². The second-order valence-electron chi connectivity index (χ2n) is 8.50. The molecule has 166 valence electrons. The van der Waals surface area contributed by atoms with Crippen molar-refractivity contribution >= 4 is 11.7 Å². The molecule has 2 heterocycles. The van der Waals surface area contributed by atoms with Crippen LogP contribution in [0.25, 0.3) is 11.3 Å². The second-order valence-corrected chi connectivity index (χ2v) is 8.50. The third kappa shape index (κ3) is 5.69. The molecule has 1 N–H and O–H groups in total. The van der Waals surface area contributed by atoms with Crippen molar-refractivity contribution in [2.45, 2.75) is 38.6 Å². The van der Waals surface area contributed by atoms with E-state index < -0.39 is 0 Å². The highest BCUT2D eigenvalue weighted by atomic mass is 19.1. The Morgan fingerprint density at radius 3 is 2.59 bits per heavy atom. The standard InChI is InChI=1S/C26H29FN4O/c1-19(9-10-20-6-3-2-4-7-20)28-26(32)22-8-5-17-31(18-22)25-16-15-24(29-30-25)21-11-13-23(27)14-12-21/h2-4,6-7,11-16,19,22H,5,8-10,17-18H2,1H3,(H,28,32)/t19-,22+/m1/s1. The fraction of sp³-hybridized carbons (Fsp3) is 0.346. The Hall–Kier alpha value is -3.28. The summed E-state index contributed by atoms with van der Waals surface area (Å²) in [4.78, 5) is 15.0. The molecule has 1 fully saturated rings. The first-order valence-corrected chi connectivity index (χ1v) is 11.3. The van der Waals surface area contributed by atoms with Crippen LogP contribution in [0.4, 0.5) is 10.2 Å². The summed E-state index contributed by atoms with van der Waals surface area (Å²) in [6, 6.07) is 20.5. The number of carbonyl (C=O) groups is 1. The lowest BCUT2D eigenvalue weighted by Gasteiger charge is -2.33. The van der Waals surface area contributed by atoms with Crippen LogP contribution in [-0.2, 0) is 11.2 Å². The van der Waals surface area contributed by atoms with Crippen molar-refractivity contribution in [3.63, 3.8) is 0 Å². The molecule has 4 rings (SSSR count). The van der Waals surface area contributed by atoms with E-state index in [-0.39, 0.29) is 23.7 Å². The van der Waals surface area contributed by atoms with Gasteiger partial charge in [0.05, 0.1) is 11.6 Å². The van der Waals surface area contributed by atoms with E-state index in [1.165, 1.54) is 17.7 Å². The summed E-state index contributed by atoms with van der Waals surface area (Å²) in [6.45, 7) is 3.57. The van der Waals surface area contributed by atoms with E-state index in [1.54, 1.807) is 12.1 Å². The Morgan fingerprint density at radius 1 is 1.09 bits per heavy atom. The molecule has 0 spiro atoms. The Balaban J connectivity index is 1.31. The van der Waals surface area contributed by atoms with E-state index in [0.29, 0.717) is 12.2 Å². The minimum atomic E-state index is -0.273. The van der Waals surface area contributed by atoms with Gasteiger partial charge in [0.25, 0.3) is 0 Å². The van der Waals surface area contributed by atoms with Gasteiger partial charge in [0.1, 0.15) is 5.82 Å². The fourth-order valence-corrected chi connectivity index (χ4v) is 4.13. The maximum atomic E-state index is 13.1.